The highest BCUT2D eigenvalue weighted by atomic mass is 35.5. The van der Waals surface area contributed by atoms with Crippen LogP contribution in [0.3, 0.4) is 0 Å². The van der Waals surface area contributed by atoms with Gasteiger partial charge in [-0.2, -0.15) is 5.26 Å². The molecule has 0 aliphatic heterocycles. The van der Waals surface area contributed by atoms with Gasteiger partial charge in [-0.15, -0.1) is 0 Å². The van der Waals surface area contributed by atoms with Crippen LogP contribution in [0.15, 0.2) is 18.3 Å². The lowest BCUT2D eigenvalue weighted by atomic mass is 10.2. The molecule has 0 bridgehead atoms. The van der Waals surface area contributed by atoms with Crippen LogP contribution in [-0.4, -0.2) is 28.4 Å². The Morgan fingerprint density at radius 1 is 1.65 bits per heavy atom. The molecule has 0 radical (unpaired) electrons. The van der Waals surface area contributed by atoms with Gasteiger partial charge in [0.1, 0.15) is 5.15 Å². The monoisotopic (exact) mass is 251 g/mol. The van der Waals surface area contributed by atoms with Crippen molar-refractivity contribution in [3.63, 3.8) is 0 Å². The van der Waals surface area contributed by atoms with Crippen LogP contribution in [0.25, 0.3) is 0 Å². The van der Waals surface area contributed by atoms with Crippen LogP contribution in [-0.2, 0) is 0 Å². The second-order valence-electron chi connectivity index (χ2n) is 3.87. The average Bonchev–Trinajstić information content (AvgIpc) is 2.29. The van der Waals surface area contributed by atoms with Crippen molar-refractivity contribution < 1.29 is 4.79 Å². The quantitative estimate of drug-likeness (QED) is 0.773. The molecular formula is C12H14ClN3O. The third-order valence-electron chi connectivity index (χ3n) is 2.32. The van der Waals surface area contributed by atoms with Crippen molar-refractivity contribution in [2.45, 2.75) is 26.3 Å². The highest BCUT2D eigenvalue weighted by Crippen LogP contribution is 2.12. The first-order valence-electron chi connectivity index (χ1n) is 5.35. The van der Waals surface area contributed by atoms with E-state index >= 15 is 0 Å². The fourth-order valence-electron chi connectivity index (χ4n) is 1.47. The molecule has 0 unspecified atom stereocenters. The second kappa shape index (κ2) is 6.21. The molecule has 0 N–H and O–H groups in total. The molecule has 1 aromatic heterocycles. The first kappa shape index (κ1) is 13.5. The van der Waals surface area contributed by atoms with Crippen LogP contribution in [0.1, 0.15) is 30.6 Å². The molecule has 0 saturated heterocycles. The number of hydrogen-bond donors (Lipinski definition) is 0. The van der Waals surface area contributed by atoms with E-state index in [2.05, 4.69) is 4.98 Å². The minimum Gasteiger partial charge on any atom is -0.335 e. The van der Waals surface area contributed by atoms with E-state index < -0.39 is 0 Å². The number of aromatic nitrogens is 1. The van der Waals surface area contributed by atoms with Crippen LogP contribution < -0.4 is 0 Å². The summed E-state index contributed by atoms with van der Waals surface area (Å²) in [7, 11) is 0. The van der Waals surface area contributed by atoms with Crippen molar-refractivity contribution in [1.82, 2.24) is 9.88 Å². The summed E-state index contributed by atoms with van der Waals surface area (Å²) >= 11 is 5.74. The zero-order valence-corrected chi connectivity index (χ0v) is 10.6. The van der Waals surface area contributed by atoms with E-state index in [0.717, 1.165) is 0 Å². The average molecular weight is 252 g/mol. The predicted octanol–water partition coefficient (Wildman–Crippen LogP) is 2.50. The summed E-state index contributed by atoms with van der Waals surface area (Å²) in [4.78, 5) is 17.7. The largest absolute Gasteiger partial charge is 0.335 e. The van der Waals surface area contributed by atoms with Gasteiger partial charge in [-0.25, -0.2) is 4.98 Å². The van der Waals surface area contributed by atoms with E-state index in [1.54, 1.807) is 11.0 Å². The maximum atomic E-state index is 12.2. The number of nitrogens with zero attached hydrogens (tertiary/aromatic N) is 3. The molecule has 1 amide bonds. The summed E-state index contributed by atoms with van der Waals surface area (Å²) in [6.07, 6.45) is 1.82. The minimum absolute atomic E-state index is 0.0443. The molecule has 0 spiro atoms. The molecule has 4 nitrogen and oxygen atoms in total. The Morgan fingerprint density at radius 2 is 2.35 bits per heavy atom. The number of nitriles is 1. The summed E-state index contributed by atoms with van der Waals surface area (Å²) < 4.78 is 0. The van der Waals surface area contributed by atoms with Gasteiger partial charge < -0.3 is 4.90 Å². The van der Waals surface area contributed by atoms with Gasteiger partial charge in [-0.1, -0.05) is 11.6 Å². The van der Waals surface area contributed by atoms with Crippen molar-refractivity contribution in [3.05, 3.63) is 29.0 Å². The van der Waals surface area contributed by atoms with Crippen molar-refractivity contribution in [3.8, 4) is 6.07 Å². The van der Waals surface area contributed by atoms with E-state index in [0.29, 0.717) is 23.7 Å². The van der Waals surface area contributed by atoms with E-state index in [4.69, 9.17) is 16.9 Å². The van der Waals surface area contributed by atoms with Crippen molar-refractivity contribution in [2.24, 2.45) is 0 Å². The van der Waals surface area contributed by atoms with Crippen LogP contribution in [0.2, 0.25) is 5.15 Å². The number of amides is 1. The Hall–Kier alpha value is -1.60. The van der Waals surface area contributed by atoms with Gasteiger partial charge in [0.2, 0.25) is 0 Å². The Labute approximate surface area is 106 Å². The number of hydrogen-bond acceptors (Lipinski definition) is 3. The second-order valence-corrected chi connectivity index (χ2v) is 4.25. The lowest BCUT2D eigenvalue weighted by Gasteiger charge is -2.25. The Morgan fingerprint density at radius 3 is 2.88 bits per heavy atom. The molecular weight excluding hydrogens is 238 g/mol. The molecule has 0 aliphatic carbocycles. The van der Waals surface area contributed by atoms with E-state index in [1.807, 2.05) is 19.9 Å². The van der Waals surface area contributed by atoms with E-state index in [-0.39, 0.29) is 11.9 Å². The number of carbonyl (C=O) groups excluding carboxylic acids is 1. The third kappa shape index (κ3) is 3.72. The highest BCUT2D eigenvalue weighted by Gasteiger charge is 2.18. The minimum atomic E-state index is -0.125. The zero-order chi connectivity index (χ0) is 12.8. The van der Waals surface area contributed by atoms with Gasteiger partial charge in [-0.05, 0) is 26.0 Å². The number of rotatable bonds is 4. The number of carbonyl (C=O) groups is 1. The lowest BCUT2D eigenvalue weighted by Crippen LogP contribution is -2.37. The smallest absolute Gasteiger partial charge is 0.254 e. The van der Waals surface area contributed by atoms with E-state index in [9.17, 15) is 4.79 Å². The third-order valence-corrected chi connectivity index (χ3v) is 2.53. The molecule has 1 aromatic rings. The van der Waals surface area contributed by atoms with Gasteiger partial charge >= 0.3 is 0 Å². The normalized spacial score (nSPS) is 10.1. The summed E-state index contributed by atoms with van der Waals surface area (Å²) in [6, 6.07) is 5.24. The molecule has 17 heavy (non-hydrogen) atoms. The van der Waals surface area contributed by atoms with Gasteiger partial charge in [0, 0.05) is 24.3 Å². The first-order valence-corrected chi connectivity index (χ1v) is 5.73. The summed E-state index contributed by atoms with van der Waals surface area (Å²) in [6.45, 7) is 4.25. The number of pyridine rings is 1. The van der Waals surface area contributed by atoms with Gasteiger partial charge in [0.05, 0.1) is 12.5 Å². The van der Waals surface area contributed by atoms with Crippen LogP contribution >= 0.6 is 11.6 Å². The van der Waals surface area contributed by atoms with E-state index in [1.165, 1.54) is 12.3 Å². The Kier molecular flexibility index (Phi) is 4.92. The summed E-state index contributed by atoms with van der Waals surface area (Å²) in [5, 5.41) is 8.87. The molecule has 1 rings (SSSR count). The fourth-order valence-corrected chi connectivity index (χ4v) is 1.64. The molecule has 0 fully saturated rings. The SMILES string of the molecule is CC(C)N(CCC#N)C(=O)c1ccnc(Cl)c1. The molecule has 0 atom stereocenters. The fraction of sp³-hybridized carbons (Fsp3) is 0.417. The topological polar surface area (TPSA) is 57.0 Å². The molecule has 0 aromatic carbocycles. The summed E-state index contributed by atoms with van der Waals surface area (Å²) in [5.41, 5.74) is 0.497. The standard InChI is InChI=1S/C12H14ClN3O/c1-9(2)16(7-3-5-14)12(17)10-4-6-15-11(13)8-10/h4,6,8-9H,3,7H2,1-2H3. The zero-order valence-electron chi connectivity index (χ0n) is 9.85. The lowest BCUT2D eigenvalue weighted by molar-refractivity contribution is 0.0710. The molecule has 0 saturated carbocycles. The van der Waals surface area contributed by atoms with Crippen LogP contribution in [0.4, 0.5) is 0 Å². The van der Waals surface area contributed by atoms with Crippen molar-refractivity contribution in [1.29, 1.82) is 5.26 Å². The van der Waals surface area contributed by atoms with Crippen LogP contribution in [0, 0.1) is 11.3 Å². The maximum Gasteiger partial charge on any atom is 0.254 e. The first-order chi connectivity index (χ1) is 8.06. The van der Waals surface area contributed by atoms with Gasteiger partial charge in [0.15, 0.2) is 0 Å². The van der Waals surface area contributed by atoms with Gasteiger partial charge in [0.25, 0.3) is 5.91 Å². The predicted molar refractivity (Wildman–Crippen MR) is 65.6 cm³/mol. The molecule has 90 valence electrons. The molecule has 1 heterocycles. The Bertz CT molecular complexity index is 440. The van der Waals surface area contributed by atoms with Crippen molar-refractivity contribution >= 4 is 17.5 Å². The van der Waals surface area contributed by atoms with Gasteiger partial charge in [-0.3, -0.25) is 4.79 Å². The molecule has 0 aliphatic rings. The molecule has 5 heteroatoms. The Balaban J connectivity index is 2.88. The van der Waals surface area contributed by atoms with Crippen molar-refractivity contribution in [2.75, 3.05) is 6.54 Å². The highest BCUT2D eigenvalue weighted by molar-refractivity contribution is 6.29. The number of halogens is 1. The van der Waals surface area contributed by atoms with Crippen LogP contribution in [0.5, 0.6) is 0 Å². The summed E-state index contributed by atoms with van der Waals surface area (Å²) in [5.74, 6) is -0.125. The maximum absolute atomic E-state index is 12.2.